The highest BCUT2D eigenvalue weighted by molar-refractivity contribution is 7.73. The van der Waals surface area contributed by atoms with Crippen LogP contribution in [0, 0.1) is 0 Å². The Hall–Kier alpha value is -0.0900. The SMILES string of the molecule is C=C/C=C/CCCCCCCCCCCCCC[P+](C)(C)C. The lowest BCUT2D eigenvalue weighted by atomic mass is 10.0. The van der Waals surface area contributed by atoms with E-state index in [0.717, 1.165) is 0 Å². The Labute approximate surface area is 142 Å². The molecule has 0 radical (unpaired) electrons. The lowest BCUT2D eigenvalue weighted by Gasteiger charge is -2.10. The van der Waals surface area contributed by atoms with E-state index in [9.17, 15) is 0 Å². The van der Waals surface area contributed by atoms with Gasteiger partial charge in [0.15, 0.2) is 0 Å². The molecule has 0 N–H and O–H groups in total. The fraction of sp³-hybridized carbons (Fsp3) is 0.810. The van der Waals surface area contributed by atoms with Crippen molar-refractivity contribution in [2.45, 2.75) is 83.5 Å². The third kappa shape index (κ3) is 19.9. The summed E-state index contributed by atoms with van der Waals surface area (Å²) in [6.45, 7) is 11.1. The minimum absolute atomic E-state index is 0.512. The lowest BCUT2D eigenvalue weighted by Crippen LogP contribution is -1.92. The molecule has 0 aliphatic rings. The minimum Gasteiger partial charge on any atom is -0.0991 e. The van der Waals surface area contributed by atoms with E-state index in [1.54, 1.807) is 0 Å². The molecule has 0 aromatic heterocycles. The molecule has 0 rings (SSSR count). The summed E-state index contributed by atoms with van der Waals surface area (Å²) in [5, 5.41) is 0. The summed E-state index contributed by atoms with van der Waals surface area (Å²) < 4.78 is 0. The average Bonchev–Trinajstić information content (AvgIpc) is 2.45. The molecular formula is C21H42P+. The molecule has 130 valence electrons. The van der Waals surface area contributed by atoms with Gasteiger partial charge >= 0.3 is 0 Å². The average molecular weight is 326 g/mol. The topological polar surface area (TPSA) is 0 Å². The van der Waals surface area contributed by atoms with Crippen LogP contribution in [0.2, 0.25) is 0 Å². The minimum atomic E-state index is -0.512. The van der Waals surface area contributed by atoms with E-state index in [0.29, 0.717) is 0 Å². The molecule has 0 aliphatic heterocycles. The zero-order valence-electron chi connectivity index (χ0n) is 15.8. The summed E-state index contributed by atoms with van der Waals surface area (Å²) in [5.74, 6) is 0. The molecule has 0 nitrogen and oxygen atoms in total. The fourth-order valence-corrected chi connectivity index (χ4v) is 3.98. The van der Waals surface area contributed by atoms with Gasteiger partial charge in [-0.25, -0.2) is 0 Å². The molecule has 0 aliphatic carbocycles. The van der Waals surface area contributed by atoms with Crippen LogP contribution >= 0.6 is 7.26 Å². The molecule has 1 heteroatoms. The smallest absolute Gasteiger partial charge is 0.0586 e. The quantitative estimate of drug-likeness (QED) is 0.155. The molecule has 22 heavy (non-hydrogen) atoms. The van der Waals surface area contributed by atoms with Crippen LogP contribution in [0.4, 0.5) is 0 Å². The molecule has 0 aromatic rings. The summed E-state index contributed by atoms with van der Waals surface area (Å²) in [6.07, 6.45) is 26.2. The fourth-order valence-electron chi connectivity index (χ4n) is 2.81. The van der Waals surface area contributed by atoms with E-state index in [2.05, 4.69) is 38.7 Å². The van der Waals surface area contributed by atoms with Gasteiger partial charge in [-0.3, -0.25) is 0 Å². The summed E-state index contributed by atoms with van der Waals surface area (Å²) in [4.78, 5) is 0. The van der Waals surface area contributed by atoms with E-state index in [1.807, 2.05) is 6.08 Å². The van der Waals surface area contributed by atoms with Crippen LogP contribution in [0.15, 0.2) is 24.8 Å². The van der Waals surface area contributed by atoms with Gasteiger partial charge in [0.1, 0.15) is 0 Å². The van der Waals surface area contributed by atoms with Crippen molar-refractivity contribution >= 4 is 7.26 Å². The van der Waals surface area contributed by atoms with E-state index in [1.165, 1.54) is 89.6 Å². The van der Waals surface area contributed by atoms with Crippen molar-refractivity contribution in [1.29, 1.82) is 0 Å². The molecule has 0 fully saturated rings. The third-order valence-electron chi connectivity index (χ3n) is 4.22. The van der Waals surface area contributed by atoms with Crippen molar-refractivity contribution < 1.29 is 0 Å². The molecule has 0 amide bonds. The molecule has 0 unspecified atom stereocenters. The van der Waals surface area contributed by atoms with Gasteiger partial charge in [0, 0.05) is 27.3 Å². The second-order valence-corrected chi connectivity index (χ2v) is 12.7. The Morgan fingerprint density at radius 1 is 0.636 bits per heavy atom. The largest absolute Gasteiger partial charge is 0.0991 e. The van der Waals surface area contributed by atoms with E-state index in [-0.39, 0.29) is 0 Å². The van der Waals surface area contributed by atoms with Crippen LogP contribution in [0.5, 0.6) is 0 Å². The van der Waals surface area contributed by atoms with Gasteiger partial charge in [0.05, 0.1) is 6.16 Å². The second kappa shape index (κ2) is 15.8. The highest BCUT2D eigenvalue weighted by Gasteiger charge is 2.15. The molecule has 0 aromatic carbocycles. The van der Waals surface area contributed by atoms with Gasteiger partial charge in [-0.2, -0.15) is 0 Å². The monoisotopic (exact) mass is 325 g/mol. The first-order valence-corrected chi connectivity index (χ1v) is 13.0. The third-order valence-corrected chi connectivity index (χ3v) is 5.88. The van der Waals surface area contributed by atoms with Crippen LogP contribution in [-0.4, -0.2) is 26.2 Å². The number of allylic oxidation sites excluding steroid dienone is 3. The molecule has 0 saturated carbocycles. The van der Waals surface area contributed by atoms with E-state index >= 15 is 0 Å². The van der Waals surface area contributed by atoms with Crippen molar-refractivity contribution in [3.63, 3.8) is 0 Å². The van der Waals surface area contributed by atoms with Gasteiger partial charge in [-0.15, -0.1) is 0 Å². The highest BCUT2D eigenvalue weighted by atomic mass is 31.2. The Bertz CT molecular complexity index is 260. The van der Waals surface area contributed by atoms with Crippen LogP contribution < -0.4 is 0 Å². The molecular weight excluding hydrogens is 283 g/mol. The Morgan fingerprint density at radius 2 is 1.05 bits per heavy atom. The van der Waals surface area contributed by atoms with Crippen molar-refractivity contribution in [2.24, 2.45) is 0 Å². The molecule has 0 spiro atoms. The lowest BCUT2D eigenvalue weighted by molar-refractivity contribution is 0.545. The van der Waals surface area contributed by atoms with Crippen molar-refractivity contribution in [1.82, 2.24) is 0 Å². The maximum atomic E-state index is 3.69. The van der Waals surface area contributed by atoms with Gasteiger partial charge < -0.3 is 0 Å². The first-order chi connectivity index (χ1) is 10.6. The first kappa shape index (κ1) is 21.9. The van der Waals surface area contributed by atoms with E-state index < -0.39 is 7.26 Å². The molecule has 0 heterocycles. The summed E-state index contributed by atoms with van der Waals surface area (Å²) in [6, 6.07) is 0. The number of hydrogen-bond donors (Lipinski definition) is 0. The van der Waals surface area contributed by atoms with Crippen molar-refractivity contribution in [3.05, 3.63) is 24.8 Å². The van der Waals surface area contributed by atoms with Crippen LogP contribution in [0.3, 0.4) is 0 Å². The van der Waals surface area contributed by atoms with Crippen LogP contribution in [-0.2, 0) is 0 Å². The van der Waals surface area contributed by atoms with Gasteiger partial charge in [0.25, 0.3) is 0 Å². The van der Waals surface area contributed by atoms with E-state index in [4.69, 9.17) is 0 Å². The molecule has 0 saturated heterocycles. The zero-order valence-corrected chi connectivity index (χ0v) is 16.7. The predicted molar refractivity (Wildman–Crippen MR) is 109 cm³/mol. The Balaban J connectivity index is 3.05. The zero-order chi connectivity index (χ0) is 16.5. The van der Waals surface area contributed by atoms with Crippen molar-refractivity contribution in [2.75, 3.05) is 26.2 Å². The first-order valence-electron chi connectivity index (χ1n) is 9.64. The Kier molecular flexibility index (Phi) is 15.7. The predicted octanol–water partition coefficient (Wildman–Crippen LogP) is 7.71. The van der Waals surface area contributed by atoms with Crippen LogP contribution in [0.1, 0.15) is 83.5 Å². The maximum Gasteiger partial charge on any atom is 0.0586 e. The standard InChI is InChI=1S/C21H42P/c1-5-6-7-8-9-10-11-12-13-14-15-16-17-18-19-20-21-22(2,3)4/h5-7H,1,8-21H2,2-4H3/q+1/b7-6+. The highest BCUT2D eigenvalue weighted by Crippen LogP contribution is 2.47. The molecule has 0 bridgehead atoms. The number of hydrogen-bond acceptors (Lipinski definition) is 0. The van der Waals surface area contributed by atoms with Gasteiger partial charge in [-0.05, 0) is 25.7 Å². The van der Waals surface area contributed by atoms with Gasteiger partial charge in [0.2, 0.25) is 0 Å². The maximum absolute atomic E-state index is 3.69. The van der Waals surface area contributed by atoms with Crippen molar-refractivity contribution in [3.8, 4) is 0 Å². The second-order valence-electron chi connectivity index (χ2n) is 7.71. The Morgan fingerprint density at radius 3 is 1.45 bits per heavy atom. The normalized spacial score (nSPS) is 12.1. The summed E-state index contributed by atoms with van der Waals surface area (Å²) >= 11 is 0. The summed E-state index contributed by atoms with van der Waals surface area (Å²) in [7, 11) is -0.512. The number of rotatable bonds is 16. The molecule has 0 atom stereocenters. The number of unbranched alkanes of at least 4 members (excludes halogenated alkanes) is 12. The van der Waals surface area contributed by atoms with Crippen LogP contribution in [0.25, 0.3) is 0 Å². The summed E-state index contributed by atoms with van der Waals surface area (Å²) in [5.41, 5.74) is 0. The van der Waals surface area contributed by atoms with Gasteiger partial charge in [-0.1, -0.05) is 82.6 Å².